The van der Waals surface area contributed by atoms with Crippen LogP contribution in [0.3, 0.4) is 0 Å². The Bertz CT molecular complexity index is 319. The summed E-state index contributed by atoms with van der Waals surface area (Å²) in [7, 11) is 0. The van der Waals surface area contributed by atoms with Gasteiger partial charge in [0, 0.05) is 16.6 Å². The number of halogens is 1. The molecule has 1 nitrogen and oxygen atoms in total. The molecule has 1 N–H and O–H groups in total. The third-order valence-electron chi connectivity index (χ3n) is 3.39. The molecular weight excluding hydrogens is 182 g/mol. The lowest BCUT2D eigenvalue weighted by Crippen LogP contribution is -2.53. The molecule has 0 aromatic heterocycles. The molecular formula is C11H12ClN. The van der Waals surface area contributed by atoms with Crippen molar-refractivity contribution in [1.82, 2.24) is 5.32 Å². The minimum atomic E-state index is 0.315. The van der Waals surface area contributed by atoms with E-state index in [1.807, 2.05) is 12.1 Å². The van der Waals surface area contributed by atoms with Crippen molar-refractivity contribution in [2.75, 3.05) is 0 Å². The zero-order valence-electron chi connectivity index (χ0n) is 7.39. The van der Waals surface area contributed by atoms with Crippen LogP contribution in [0.15, 0.2) is 24.3 Å². The number of benzene rings is 1. The summed E-state index contributed by atoms with van der Waals surface area (Å²) in [5, 5.41) is 4.45. The highest BCUT2D eigenvalue weighted by Gasteiger charge is 2.50. The van der Waals surface area contributed by atoms with Gasteiger partial charge in [0.2, 0.25) is 0 Å². The summed E-state index contributed by atoms with van der Waals surface area (Å²) in [6, 6.07) is 9.06. The summed E-state index contributed by atoms with van der Waals surface area (Å²) in [4.78, 5) is 0. The first kappa shape index (κ1) is 7.84. The van der Waals surface area contributed by atoms with Crippen LogP contribution >= 0.6 is 11.6 Å². The zero-order valence-corrected chi connectivity index (χ0v) is 8.14. The molecule has 0 radical (unpaired) electrons. The van der Waals surface area contributed by atoms with Crippen molar-refractivity contribution in [3.63, 3.8) is 0 Å². The van der Waals surface area contributed by atoms with Gasteiger partial charge in [0.1, 0.15) is 0 Å². The largest absolute Gasteiger partial charge is 0.304 e. The van der Waals surface area contributed by atoms with Gasteiger partial charge in [-0.1, -0.05) is 23.7 Å². The van der Waals surface area contributed by atoms with Crippen LogP contribution in [0.5, 0.6) is 0 Å². The quantitative estimate of drug-likeness (QED) is 0.723. The first-order valence-corrected chi connectivity index (χ1v) is 5.20. The summed E-state index contributed by atoms with van der Waals surface area (Å²) >= 11 is 5.86. The standard InChI is InChI=1S/C11H12ClN/c12-9-3-1-8(2-4-9)11-6-5-10(7-11)13-11/h1-4,10,13H,5-7H2. The highest BCUT2D eigenvalue weighted by molar-refractivity contribution is 6.30. The molecule has 0 amide bonds. The highest BCUT2D eigenvalue weighted by Crippen LogP contribution is 2.47. The van der Waals surface area contributed by atoms with Crippen LogP contribution in [0.4, 0.5) is 0 Å². The van der Waals surface area contributed by atoms with Gasteiger partial charge in [0.05, 0.1) is 0 Å². The second-order valence-electron chi connectivity index (χ2n) is 4.17. The van der Waals surface area contributed by atoms with Crippen molar-refractivity contribution in [3.8, 4) is 0 Å². The zero-order chi connectivity index (χ0) is 8.89. The summed E-state index contributed by atoms with van der Waals surface area (Å²) in [5.41, 5.74) is 1.72. The van der Waals surface area contributed by atoms with E-state index in [-0.39, 0.29) is 0 Å². The minimum Gasteiger partial charge on any atom is -0.304 e. The number of fused-ring (bicyclic) bond motifs is 1. The molecule has 3 fully saturated rings. The van der Waals surface area contributed by atoms with Crippen molar-refractivity contribution >= 4 is 11.6 Å². The van der Waals surface area contributed by atoms with E-state index in [0.717, 1.165) is 11.1 Å². The summed E-state index contributed by atoms with van der Waals surface area (Å²) in [6.45, 7) is 0. The number of nitrogens with one attached hydrogen (secondary N) is 1. The van der Waals surface area contributed by atoms with Crippen LogP contribution in [-0.4, -0.2) is 6.04 Å². The third-order valence-corrected chi connectivity index (χ3v) is 3.64. The van der Waals surface area contributed by atoms with Gasteiger partial charge in [-0.3, -0.25) is 0 Å². The molecule has 68 valence electrons. The van der Waals surface area contributed by atoms with E-state index in [4.69, 9.17) is 11.6 Å². The van der Waals surface area contributed by atoms with E-state index in [0.29, 0.717) is 5.54 Å². The Hall–Kier alpha value is -0.530. The fraction of sp³-hybridized carbons (Fsp3) is 0.455. The van der Waals surface area contributed by atoms with Crippen LogP contribution in [0.1, 0.15) is 24.8 Å². The van der Waals surface area contributed by atoms with E-state index < -0.39 is 0 Å². The van der Waals surface area contributed by atoms with Gasteiger partial charge in [-0.15, -0.1) is 0 Å². The summed E-state index contributed by atoms with van der Waals surface area (Å²) in [6.07, 6.45) is 3.94. The van der Waals surface area contributed by atoms with E-state index in [1.165, 1.54) is 24.8 Å². The van der Waals surface area contributed by atoms with Gasteiger partial charge in [0.25, 0.3) is 0 Å². The lowest BCUT2D eigenvalue weighted by molar-refractivity contribution is 0.225. The monoisotopic (exact) mass is 193 g/mol. The first-order chi connectivity index (χ1) is 6.28. The molecule has 2 unspecified atom stereocenters. The molecule has 2 heteroatoms. The molecule has 2 atom stereocenters. The molecule has 4 rings (SSSR count). The van der Waals surface area contributed by atoms with E-state index in [1.54, 1.807) is 0 Å². The molecule has 2 heterocycles. The smallest absolute Gasteiger partial charge is 0.0452 e. The first-order valence-electron chi connectivity index (χ1n) is 4.82. The topological polar surface area (TPSA) is 12.0 Å². The molecule has 2 saturated heterocycles. The van der Waals surface area contributed by atoms with Crippen molar-refractivity contribution in [3.05, 3.63) is 34.9 Å². The van der Waals surface area contributed by atoms with Crippen LogP contribution in [0.2, 0.25) is 5.02 Å². The average Bonchev–Trinajstić information content (AvgIpc) is 2.63. The fourth-order valence-electron chi connectivity index (χ4n) is 2.67. The second-order valence-corrected chi connectivity index (χ2v) is 4.61. The molecule has 1 aliphatic carbocycles. The second kappa shape index (κ2) is 2.49. The Morgan fingerprint density at radius 1 is 1.31 bits per heavy atom. The summed E-state index contributed by atoms with van der Waals surface area (Å²) < 4.78 is 0. The van der Waals surface area contributed by atoms with Gasteiger partial charge in [-0.05, 0) is 37.0 Å². The van der Waals surface area contributed by atoms with Crippen LogP contribution in [0.25, 0.3) is 0 Å². The van der Waals surface area contributed by atoms with Gasteiger partial charge < -0.3 is 5.32 Å². The van der Waals surface area contributed by atoms with Crippen LogP contribution in [0, 0.1) is 0 Å². The summed E-state index contributed by atoms with van der Waals surface area (Å²) in [5.74, 6) is 0. The van der Waals surface area contributed by atoms with Gasteiger partial charge >= 0.3 is 0 Å². The average molecular weight is 194 g/mol. The predicted molar refractivity (Wildman–Crippen MR) is 53.9 cm³/mol. The third kappa shape index (κ3) is 1.04. The van der Waals surface area contributed by atoms with E-state index >= 15 is 0 Å². The SMILES string of the molecule is Clc1ccc(C23CCC(C2)N3)cc1. The Labute approximate surface area is 83.1 Å². The number of hydrogen-bond donors (Lipinski definition) is 1. The number of rotatable bonds is 1. The van der Waals surface area contributed by atoms with Crippen molar-refractivity contribution in [2.24, 2.45) is 0 Å². The normalized spacial score (nSPS) is 35.9. The molecule has 2 aliphatic heterocycles. The Morgan fingerprint density at radius 3 is 2.54 bits per heavy atom. The van der Waals surface area contributed by atoms with E-state index in [9.17, 15) is 0 Å². The van der Waals surface area contributed by atoms with E-state index in [2.05, 4.69) is 17.4 Å². The molecule has 1 aromatic carbocycles. The highest BCUT2D eigenvalue weighted by atomic mass is 35.5. The van der Waals surface area contributed by atoms with Crippen molar-refractivity contribution in [2.45, 2.75) is 30.8 Å². The number of hydrogen-bond acceptors (Lipinski definition) is 1. The maximum Gasteiger partial charge on any atom is 0.0452 e. The molecule has 2 bridgehead atoms. The Morgan fingerprint density at radius 2 is 2.00 bits per heavy atom. The van der Waals surface area contributed by atoms with Crippen LogP contribution in [-0.2, 0) is 5.54 Å². The maximum absolute atomic E-state index is 5.86. The van der Waals surface area contributed by atoms with Crippen LogP contribution < -0.4 is 5.32 Å². The molecule has 3 aliphatic rings. The predicted octanol–water partition coefficient (Wildman–Crippen LogP) is 2.69. The Kier molecular flexibility index (Phi) is 1.50. The lowest BCUT2D eigenvalue weighted by atomic mass is 9.83. The molecule has 1 aromatic rings. The van der Waals surface area contributed by atoms with Gasteiger partial charge in [-0.25, -0.2) is 0 Å². The lowest BCUT2D eigenvalue weighted by Gasteiger charge is -2.40. The fourth-order valence-corrected chi connectivity index (χ4v) is 2.80. The molecule has 13 heavy (non-hydrogen) atoms. The molecule has 1 saturated carbocycles. The Balaban J connectivity index is 1.96. The molecule has 0 spiro atoms. The van der Waals surface area contributed by atoms with Crippen molar-refractivity contribution in [1.29, 1.82) is 0 Å². The minimum absolute atomic E-state index is 0.315. The van der Waals surface area contributed by atoms with Gasteiger partial charge in [-0.2, -0.15) is 0 Å². The maximum atomic E-state index is 5.86. The van der Waals surface area contributed by atoms with Gasteiger partial charge in [0.15, 0.2) is 0 Å². The van der Waals surface area contributed by atoms with Crippen molar-refractivity contribution < 1.29 is 0 Å².